The molecular weight excluding hydrogens is 410 g/mol. The summed E-state index contributed by atoms with van der Waals surface area (Å²) >= 11 is 1.69. The van der Waals surface area contributed by atoms with Gasteiger partial charge in [0.25, 0.3) is 11.8 Å². The summed E-state index contributed by atoms with van der Waals surface area (Å²) in [6.45, 7) is 0.909. The van der Waals surface area contributed by atoms with Crippen LogP contribution in [0, 0.1) is 0 Å². The Balaban J connectivity index is 1.59. The number of hydrogen-bond donors (Lipinski definition) is 0. The minimum absolute atomic E-state index is 0.145. The van der Waals surface area contributed by atoms with Crippen LogP contribution < -0.4 is 0 Å². The van der Waals surface area contributed by atoms with E-state index in [9.17, 15) is 9.59 Å². The van der Waals surface area contributed by atoms with E-state index in [0.717, 1.165) is 11.1 Å². The van der Waals surface area contributed by atoms with E-state index in [1.165, 1.54) is 9.78 Å². The van der Waals surface area contributed by atoms with Crippen LogP contribution in [0.1, 0.15) is 16.1 Å². The summed E-state index contributed by atoms with van der Waals surface area (Å²) in [7, 11) is 3.43. The number of benzene rings is 1. The van der Waals surface area contributed by atoms with Crippen molar-refractivity contribution in [3.63, 3.8) is 0 Å². The van der Waals surface area contributed by atoms with Crippen LogP contribution in [0.4, 0.5) is 0 Å². The summed E-state index contributed by atoms with van der Waals surface area (Å²) in [6, 6.07) is 17.6. The molecule has 7 heteroatoms. The average Bonchev–Trinajstić information content (AvgIpc) is 3.34. The highest BCUT2D eigenvalue weighted by Gasteiger charge is 2.46. The molecule has 4 rings (SSSR count). The van der Waals surface area contributed by atoms with Gasteiger partial charge in [0.15, 0.2) is 5.60 Å². The van der Waals surface area contributed by atoms with E-state index in [2.05, 4.69) is 28.6 Å². The second-order valence-corrected chi connectivity index (χ2v) is 8.78. The maximum atomic E-state index is 13.2. The molecule has 0 bridgehead atoms. The van der Waals surface area contributed by atoms with Gasteiger partial charge in [-0.05, 0) is 34.7 Å². The second-order valence-electron chi connectivity index (χ2n) is 7.84. The van der Waals surface area contributed by atoms with Gasteiger partial charge in [-0.1, -0.05) is 36.4 Å². The third kappa shape index (κ3) is 4.52. The van der Waals surface area contributed by atoms with Crippen molar-refractivity contribution >= 4 is 23.2 Å². The molecule has 2 aromatic heterocycles. The maximum absolute atomic E-state index is 13.2. The number of carbonyl (C=O) groups excluding carboxylic acids is 2. The van der Waals surface area contributed by atoms with Gasteiger partial charge in [-0.2, -0.15) is 0 Å². The fourth-order valence-corrected chi connectivity index (χ4v) is 4.62. The zero-order chi connectivity index (χ0) is 21.8. The topological polar surface area (TPSA) is 62.7 Å². The van der Waals surface area contributed by atoms with Crippen molar-refractivity contribution in [1.82, 2.24) is 14.8 Å². The lowest BCUT2D eigenvalue weighted by molar-refractivity contribution is -0.165. The Morgan fingerprint density at radius 1 is 1.13 bits per heavy atom. The molecule has 0 spiro atoms. The molecule has 160 valence electrons. The van der Waals surface area contributed by atoms with Crippen molar-refractivity contribution in [3.8, 4) is 10.4 Å². The number of thiophene rings is 1. The third-order valence-corrected chi connectivity index (χ3v) is 6.32. The lowest BCUT2D eigenvalue weighted by atomic mass is 9.90. The molecule has 1 aliphatic heterocycles. The molecule has 6 nitrogen and oxygen atoms in total. The highest BCUT2D eigenvalue weighted by atomic mass is 32.1. The number of rotatable bonds is 5. The number of nitrogens with zero attached hydrogens (tertiary/aromatic N) is 3. The second kappa shape index (κ2) is 8.99. The molecule has 3 aromatic rings. The molecule has 0 N–H and O–H groups in total. The van der Waals surface area contributed by atoms with Crippen molar-refractivity contribution in [2.75, 3.05) is 33.8 Å². The van der Waals surface area contributed by atoms with Gasteiger partial charge >= 0.3 is 0 Å². The molecule has 1 aliphatic rings. The zero-order valence-electron chi connectivity index (χ0n) is 17.7. The first kappa shape index (κ1) is 21.2. The summed E-state index contributed by atoms with van der Waals surface area (Å²) in [5.41, 5.74) is 1.37. The first-order valence-electron chi connectivity index (χ1n) is 10.2. The Morgan fingerprint density at radius 3 is 2.58 bits per heavy atom. The molecule has 2 amide bonds. The van der Waals surface area contributed by atoms with E-state index in [-0.39, 0.29) is 18.4 Å². The molecule has 1 atom stereocenters. The van der Waals surface area contributed by atoms with Gasteiger partial charge in [-0.3, -0.25) is 14.6 Å². The van der Waals surface area contributed by atoms with Gasteiger partial charge in [0.2, 0.25) is 0 Å². The summed E-state index contributed by atoms with van der Waals surface area (Å²) in [5, 5.41) is 2.05. The Bertz CT molecular complexity index is 1040. The highest BCUT2D eigenvalue weighted by Crippen LogP contribution is 2.29. The highest BCUT2D eigenvalue weighted by molar-refractivity contribution is 7.13. The smallest absolute Gasteiger partial charge is 0.272 e. The fourth-order valence-electron chi connectivity index (χ4n) is 3.89. The number of amides is 2. The molecule has 0 radical (unpaired) electrons. The largest absolute Gasteiger partial charge is 0.361 e. The summed E-state index contributed by atoms with van der Waals surface area (Å²) < 4.78 is 6.11. The van der Waals surface area contributed by atoms with Crippen LogP contribution in [-0.4, -0.2) is 66.0 Å². The van der Waals surface area contributed by atoms with E-state index < -0.39 is 5.60 Å². The number of morpholine rings is 1. The monoisotopic (exact) mass is 435 g/mol. The van der Waals surface area contributed by atoms with Crippen molar-refractivity contribution in [2.24, 2.45) is 0 Å². The van der Waals surface area contributed by atoms with E-state index >= 15 is 0 Å². The van der Waals surface area contributed by atoms with Crippen LogP contribution in [-0.2, 0) is 16.0 Å². The predicted molar refractivity (Wildman–Crippen MR) is 121 cm³/mol. The Labute approximate surface area is 186 Å². The van der Waals surface area contributed by atoms with E-state index in [1.54, 1.807) is 54.7 Å². The van der Waals surface area contributed by atoms with Crippen LogP contribution in [0.2, 0.25) is 0 Å². The molecule has 3 heterocycles. The molecule has 31 heavy (non-hydrogen) atoms. The van der Waals surface area contributed by atoms with Crippen LogP contribution in [0.25, 0.3) is 10.4 Å². The van der Waals surface area contributed by atoms with Gasteiger partial charge in [-0.25, -0.2) is 0 Å². The first-order valence-corrected chi connectivity index (χ1v) is 11.1. The molecule has 0 saturated carbocycles. The minimum atomic E-state index is -1.13. The van der Waals surface area contributed by atoms with Gasteiger partial charge in [0.1, 0.15) is 5.69 Å². The Kier molecular flexibility index (Phi) is 6.15. The molecule has 1 fully saturated rings. The standard InChI is InChI=1S/C24H25N3O3S/c1-26(2)23(29)24(16-18-8-10-19(11-9-18)21-7-5-15-31-21)17-27(13-14-30-24)22(28)20-6-3-4-12-25-20/h3-12,15H,13-14,16-17H2,1-2H3/t24-/m1/s1. The number of ether oxygens (including phenoxy) is 1. The number of hydrogen-bond acceptors (Lipinski definition) is 5. The van der Waals surface area contributed by atoms with E-state index in [1.807, 2.05) is 18.2 Å². The molecule has 1 saturated heterocycles. The van der Waals surface area contributed by atoms with Crippen LogP contribution in [0.5, 0.6) is 0 Å². The number of aromatic nitrogens is 1. The first-order chi connectivity index (χ1) is 15.0. The van der Waals surface area contributed by atoms with Crippen LogP contribution in [0.15, 0.2) is 66.2 Å². The van der Waals surface area contributed by atoms with Crippen molar-refractivity contribution < 1.29 is 14.3 Å². The van der Waals surface area contributed by atoms with Gasteiger partial charge in [-0.15, -0.1) is 11.3 Å². The SMILES string of the molecule is CN(C)C(=O)[C@@]1(Cc2ccc(-c3cccs3)cc2)CN(C(=O)c2ccccn2)CCO1. The van der Waals surface area contributed by atoms with Crippen LogP contribution in [0.3, 0.4) is 0 Å². The van der Waals surface area contributed by atoms with E-state index in [0.29, 0.717) is 25.3 Å². The van der Waals surface area contributed by atoms with Gasteiger partial charge in [0.05, 0.1) is 13.2 Å². The summed E-state index contributed by atoms with van der Waals surface area (Å²) in [6.07, 6.45) is 1.99. The third-order valence-electron chi connectivity index (χ3n) is 5.40. The maximum Gasteiger partial charge on any atom is 0.272 e. The summed E-state index contributed by atoms with van der Waals surface area (Å²) in [4.78, 5) is 34.8. The average molecular weight is 436 g/mol. The molecular formula is C24H25N3O3S. The van der Waals surface area contributed by atoms with Gasteiger partial charge in [0, 0.05) is 38.1 Å². The molecule has 1 aromatic carbocycles. The van der Waals surface area contributed by atoms with Crippen molar-refractivity contribution in [2.45, 2.75) is 12.0 Å². The number of likely N-dealkylation sites (N-methyl/N-ethyl adjacent to an activating group) is 1. The Morgan fingerprint density at radius 2 is 1.94 bits per heavy atom. The minimum Gasteiger partial charge on any atom is -0.361 e. The Hall–Kier alpha value is -3.03. The molecule has 0 unspecified atom stereocenters. The summed E-state index contributed by atoms with van der Waals surface area (Å²) in [5.74, 6) is -0.332. The van der Waals surface area contributed by atoms with Crippen molar-refractivity contribution in [3.05, 3.63) is 77.4 Å². The van der Waals surface area contributed by atoms with E-state index in [4.69, 9.17) is 4.74 Å². The zero-order valence-corrected chi connectivity index (χ0v) is 18.5. The predicted octanol–water partition coefficient (Wildman–Crippen LogP) is 3.35. The van der Waals surface area contributed by atoms with Gasteiger partial charge < -0.3 is 14.5 Å². The number of carbonyl (C=O) groups is 2. The fraction of sp³-hybridized carbons (Fsp3) is 0.292. The van der Waals surface area contributed by atoms with Crippen LogP contribution >= 0.6 is 11.3 Å². The quantitative estimate of drug-likeness (QED) is 0.617. The lowest BCUT2D eigenvalue weighted by Gasteiger charge is -2.42. The van der Waals surface area contributed by atoms with Crippen molar-refractivity contribution in [1.29, 1.82) is 0 Å². The lowest BCUT2D eigenvalue weighted by Crippen LogP contribution is -2.61. The number of pyridine rings is 1. The normalized spacial score (nSPS) is 18.6. The molecule has 0 aliphatic carbocycles.